The molecule has 76 valence electrons. The monoisotopic (exact) mass is 185 g/mol. The topological polar surface area (TPSA) is 37.4 Å². The molecule has 0 rings (SSSR count). The summed E-state index contributed by atoms with van der Waals surface area (Å²) in [5.41, 5.74) is 0.333. The highest BCUT2D eigenvalue weighted by Crippen LogP contribution is 1.97. The molecule has 0 aromatic carbocycles. The molecule has 0 unspecified atom stereocenters. The van der Waals surface area contributed by atoms with Crippen LogP contribution in [-0.2, 0) is 9.59 Å². The summed E-state index contributed by atoms with van der Waals surface area (Å²) in [6, 6.07) is 0. The second kappa shape index (κ2) is 8.97. The summed E-state index contributed by atoms with van der Waals surface area (Å²) in [5, 5.41) is 0. The molecule has 3 heteroatoms. The minimum absolute atomic E-state index is 0.122. The Labute approximate surface area is 80.4 Å². The van der Waals surface area contributed by atoms with Gasteiger partial charge in [0.05, 0.1) is 0 Å². The molecule has 0 aliphatic carbocycles. The zero-order valence-electron chi connectivity index (χ0n) is 8.96. The lowest BCUT2D eigenvalue weighted by Gasteiger charge is -2.09. The molecular weight excluding hydrogens is 166 g/mol. The molecule has 0 spiro atoms. The Balaban J connectivity index is 0. The number of nitrogens with zero attached hydrogens (tertiary/aromatic N) is 1. The predicted octanol–water partition coefficient (Wildman–Crippen LogP) is 1.64. The van der Waals surface area contributed by atoms with Crippen LogP contribution >= 0.6 is 0 Å². The maximum Gasteiger partial charge on any atom is 0.249 e. The van der Waals surface area contributed by atoms with Crippen LogP contribution in [0.2, 0.25) is 0 Å². The van der Waals surface area contributed by atoms with Crippen molar-refractivity contribution in [2.45, 2.75) is 26.7 Å². The Kier molecular flexibility index (Phi) is 9.94. The first-order valence-corrected chi connectivity index (χ1v) is 4.34. The van der Waals surface area contributed by atoms with Crippen molar-refractivity contribution in [3.63, 3.8) is 0 Å². The van der Waals surface area contributed by atoms with Crippen molar-refractivity contribution in [2.24, 2.45) is 0 Å². The molecule has 0 saturated carbocycles. The molecule has 0 fully saturated rings. The van der Waals surface area contributed by atoms with Gasteiger partial charge >= 0.3 is 0 Å². The summed E-state index contributed by atoms with van der Waals surface area (Å²) in [5.74, 6) is -0.188. The lowest BCUT2D eigenvalue weighted by atomic mass is 10.2. The van der Waals surface area contributed by atoms with E-state index in [1.165, 1.54) is 11.3 Å². The van der Waals surface area contributed by atoms with E-state index in [4.69, 9.17) is 0 Å². The number of hydrogen-bond acceptors (Lipinski definition) is 2. The normalized spacial score (nSPS) is 8.00. The van der Waals surface area contributed by atoms with Crippen LogP contribution in [0.15, 0.2) is 12.2 Å². The molecule has 0 aliphatic heterocycles. The van der Waals surface area contributed by atoms with Crippen molar-refractivity contribution in [2.75, 3.05) is 14.1 Å². The van der Waals surface area contributed by atoms with Gasteiger partial charge in [-0.3, -0.25) is 4.79 Å². The molecule has 13 heavy (non-hydrogen) atoms. The van der Waals surface area contributed by atoms with Crippen molar-refractivity contribution in [3.8, 4) is 0 Å². The third-order valence-electron chi connectivity index (χ3n) is 1.04. The van der Waals surface area contributed by atoms with Crippen molar-refractivity contribution in [3.05, 3.63) is 12.2 Å². The van der Waals surface area contributed by atoms with Crippen LogP contribution in [-0.4, -0.2) is 31.2 Å². The molecule has 0 atom stereocenters. The average Bonchev–Trinajstić information content (AvgIpc) is 2.04. The first-order valence-electron chi connectivity index (χ1n) is 4.34. The van der Waals surface area contributed by atoms with Crippen molar-refractivity contribution in [1.82, 2.24) is 4.90 Å². The van der Waals surface area contributed by atoms with Gasteiger partial charge in [0.25, 0.3) is 0 Å². The highest BCUT2D eigenvalue weighted by atomic mass is 16.2. The van der Waals surface area contributed by atoms with Crippen LogP contribution in [0, 0.1) is 0 Å². The fourth-order valence-electron chi connectivity index (χ4n) is 0.504. The molecule has 0 saturated heterocycles. The summed E-state index contributed by atoms with van der Waals surface area (Å²) in [6.45, 7) is 7.69. The summed E-state index contributed by atoms with van der Waals surface area (Å²) < 4.78 is 0. The van der Waals surface area contributed by atoms with Gasteiger partial charge in [-0.2, -0.15) is 0 Å². The van der Waals surface area contributed by atoms with Gasteiger partial charge in [0.2, 0.25) is 5.91 Å². The fourth-order valence-corrected chi connectivity index (χ4v) is 0.504. The Morgan fingerprint density at radius 1 is 1.38 bits per heavy atom. The zero-order chi connectivity index (χ0) is 10.9. The van der Waals surface area contributed by atoms with E-state index in [9.17, 15) is 9.59 Å². The summed E-state index contributed by atoms with van der Waals surface area (Å²) in [7, 11) is 3.25. The van der Waals surface area contributed by atoms with E-state index in [0.29, 0.717) is 11.9 Å². The number of carbonyl (C=O) groups excluding carboxylic acids is 2. The summed E-state index contributed by atoms with van der Waals surface area (Å²) >= 11 is 0. The smallest absolute Gasteiger partial charge is 0.249 e. The van der Waals surface area contributed by atoms with Gasteiger partial charge in [0.1, 0.15) is 6.29 Å². The molecule has 0 heterocycles. The minimum atomic E-state index is -0.188. The number of rotatable bonds is 3. The van der Waals surface area contributed by atoms with Crippen LogP contribution < -0.4 is 0 Å². The number of hydrogen-bond donors (Lipinski definition) is 0. The Morgan fingerprint density at radius 2 is 1.77 bits per heavy atom. The maximum atomic E-state index is 10.9. The summed E-state index contributed by atoms with van der Waals surface area (Å²) in [4.78, 5) is 22.2. The van der Waals surface area contributed by atoms with Crippen LogP contribution in [0.5, 0.6) is 0 Å². The average molecular weight is 185 g/mol. The van der Waals surface area contributed by atoms with E-state index in [1.54, 1.807) is 14.1 Å². The standard InChI is InChI=1S/C7H11NO2.C3H8/c1-6(4-5-9)7(10)8(2)3;1-3-2/h5H,1,4H2,2-3H3;3H2,1-2H3. The number of aldehydes is 1. The van der Waals surface area contributed by atoms with E-state index < -0.39 is 0 Å². The highest BCUT2D eigenvalue weighted by molar-refractivity contribution is 5.94. The molecule has 0 aromatic rings. The van der Waals surface area contributed by atoms with Gasteiger partial charge in [0.15, 0.2) is 0 Å². The fraction of sp³-hybridized carbons (Fsp3) is 0.600. The van der Waals surface area contributed by atoms with E-state index in [0.717, 1.165) is 0 Å². The molecular formula is C10H19NO2. The molecule has 0 aliphatic rings. The summed E-state index contributed by atoms with van der Waals surface area (Å²) in [6.07, 6.45) is 2.04. The molecule has 0 bridgehead atoms. The molecule has 0 N–H and O–H groups in total. The maximum absolute atomic E-state index is 10.9. The van der Waals surface area contributed by atoms with Crippen molar-refractivity contribution in [1.29, 1.82) is 0 Å². The Morgan fingerprint density at radius 3 is 2.00 bits per heavy atom. The Bertz CT molecular complexity index is 174. The zero-order valence-corrected chi connectivity index (χ0v) is 8.96. The largest absolute Gasteiger partial charge is 0.345 e. The van der Waals surface area contributed by atoms with Crippen LogP contribution in [0.25, 0.3) is 0 Å². The third kappa shape index (κ3) is 8.79. The minimum Gasteiger partial charge on any atom is -0.345 e. The number of likely N-dealkylation sites (N-methyl/N-ethyl adjacent to an activating group) is 1. The lowest BCUT2D eigenvalue weighted by Crippen LogP contribution is -2.23. The van der Waals surface area contributed by atoms with Crippen molar-refractivity contribution < 1.29 is 9.59 Å². The van der Waals surface area contributed by atoms with E-state index in [2.05, 4.69) is 20.4 Å². The molecule has 1 amide bonds. The van der Waals surface area contributed by atoms with Gasteiger partial charge < -0.3 is 9.69 Å². The van der Waals surface area contributed by atoms with E-state index in [-0.39, 0.29) is 12.3 Å². The van der Waals surface area contributed by atoms with E-state index >= 15 is 0 Å². The second-order valence-corrected chi connectivity index (χ2v) is 2.88. The van der Waals surface area contributed by atoms with Gasteiger partial charge in [-0.15, -0.1) is 0 Å². The van der Waals surface area contributed by atoms with Crippen LogP contribution in [0.4, 0.5) is 0 Å². The van der Waals surface area contributed by atoms with Gasteiger partial charge in [0, 0.05) is 26.1 Å². The molecule has 3 nitrogen and oxygen atoms in total. The SMILES string of the molecule is C=C(CC=O)C(=O)N(C)C.CCC. The number of carbonyl (C=O) groups is 2. The van der Waals surface area contributed by atoms with Crippen LogP contribution in [0.1, 0.15) is 26.7 Å². The number of amides is 1. The molecule has 0 radical (unpaired) electrons. The molecule has 0 aromatic heterocycles. The van der Waals surface area contributed by atoms with Crippen molar-refractivity contribution >= 4 is 12.2 Å². The van der Waals surface area contributed by atoms with Gasteiger partial charge in [-0.1, -0.05) is 26.8 Å². The van der Waals surface area contributed by atoms with Crippen LogP contribution in [0.3, 0.4) is 0 Å². The predicted molar refractivity (Wildman–Crippen MR) is 54.5 cm³/mol. The van der Waals surface area contributed by atoms with Gasteiger partial charge in [-0.05, 0) is 0 Å². The first kappa shape index (κ1) is 14.4. The highest BCUT2D eigenvalue weighted by Gasteiger charge is 2.06. The van der Waals surface area contributed by atoms with Gasteiger partial charge in [-0.25, -0.2) is 0 Å². The third-order valence-corrected chi connectivity index (χ3v) is 1.04. The first-order chi connectivity index (χ1) is 6.01. The lowest BCUT2D eigenvalue weighted by molar-refractivity contribution is -0.125. The quantitative estimate of drug-likeness (QED) is 0.495. The second-order valence-electron chi connectivity index (χ2n) is 2.88. The Hall–Kier alpha value is -1.12. The van der Waals surface area contributed by atoms with E-state index in [1.807, 2.05) is 0 Å².